The molecule has 154 valence electrons. The molecule has 2 aliphatic rings. The molecule has 1 saturated heterocycles. The van der Waals surface area contributed by atoms with Gasteiger partial charge in [-0.25, -0.2) is 9.18 Å². The molecule has 3 aromatic rings. The molecule has 0 spiro atoms. The summed E-state index contributed by atoms with van der Waals surface area (Å²) >= 11 is 0. The summed E-state index contributed by atoms with van der Waals surface area (Å²) in [5, 5.41) is 13.4. The van der Waals surface area contributed by atoms with Crippen molar-refractivity contribution in [3.05, 3.63) is 59.4 Å². The minimum absolute atomic E-state index is 0.0520. The van der Waals surface area contributed by atoms with Gasteiger partial charge in [0.25, 0.3) is 0 Å². The molecule has 9 heteroatoms. The van der Waals surface area contributed by atoms with E-state index in [1.807, 2.05) is 25.1 Å². The molecule has 4 heterocycles. The summed E-state index contributed by atoms with van der Waals surface area (Å²) in [4.78, 5) is 18.3. The molecule has 0 bridgehead atoms. The number of anilines is 1. The number of fused-ring (bicyclic) bond motifs is 3. The van der Waals surface area contributed by atoms with E-state index in [-0.39, 0.29) is 24.1 Å². The molecule has 1 amide bonds. The Balaban J connectivity index is 1.33. The molecule has 0 unspecified atom stereocenters. The lowest BCUT2D eigenvalue weighted by atomic mass is 9.99. The van der Waals surface area contributed by atoms with Crippen molar-refractivity contribution in [2.24, 2.45) is 0 Å². The highest BCUT2D eigenvalue weighted by Gasteiger charge is 2.47. The number of pyridine rings is 1. The predicted octanol–water partition coefficient (Wildman–Crippen LogP) is 2.96. The number of hydrogen-bond donors (Lipinski definition) is 2. The minimum Gasteiger partial charge on any atom is -0.444 e. The molecule has 30 heavy (non-hydrogen) atoms. The van der Waals surface area contributed by atoms with Crippen molar-refractivity contribution < 1.29 is 13.9 Å². The second kappa shape index (κ2) is 7.49. The number of carbonyl (C=O) groups excluding carboxylic acids is 1. The number of aromatic amines is 1. The zero-order valence-electron chi connectivity index (χ0n) is 16.4. The molecule has 8 nitrogen and oxygen atoms in total. The number of hydrogen-bond acceptors (Lipinski definition) is 6. The highest BCUT2D eigenvalue weighted by Crippen LogP contribution is 2.42. The molecule has 2 aliphatic heterocycles. The summed E-state index contributed by atoms with van der Waals surface area (Å²) in [6.07, 6.45) is 4.22. The van der Waals surface area contributed by atoms with Crippen molar-refractivity contribution in [2.45, 2.75) is 45.0 Å². The van der Waals surface area contributed by atoms with Gasteiger partial charge in [-0.1, -0.05) is 18.2 Å². The summed E-state index contributed by atoms with van der Waals surface area (Å²) in [6, 6.07) is 6.97. The van der Waals surface area contributed by atoms with Crippen LogP contribution in [0, 0.1) is 5.82 Å². The molecule has 0 radical (unpaired) electrons. The Morgan fingerprint density at radius 2 is 2.20 bits per heavy atom. The van der Waals surface area contributed by atoms with Crippen LogP contribution in [0.1, 0.15) is 30.3 Å². The van der Waals surface area contributed by atoms with Crippen LogP contribution in [0.4, 0.5) is 14.9 Å². The highest BCUT2D eigenvalue weighted by molar-refractivity contribution is 5.94. The predicted molar refractivity (Wildman–Crippen MR) is 107 cm³/mol. The number of nitrogens with one attached hydrogen (secondary N) is 2. The molecule has 2 aromatic heterocycles. The average molecular weight is 408 g/mol. The number of benzene rings is 1. The maximum atomic E-state index is 14.9. The normalized spacial score (nSPS) is 19.7. The zero-order chi connectivity index (χ0) is 20.7. The van der Waals surface area contributed by atoms with Crippen molar-refractivity contribution >= 4 is 11.8 Å². The molecule has 0 saturated carbocycles. The topological polar surface area (TPSA) is 96.0 Å². The lowest BCUT2D eigenvalue weighted by Crippen LogP contribution is -2.33. The van der Waals surface area contributed by atoms with Gasteiger partial charge in [0.1, 0.15) is 11.9 Å². The van der Waals surface area contributed by atoms with Crippen LogP contribution in [0.25, 0.3) is 11.1 Å². The van der Waals surface area contributed by atoms with Gasteiger partial charge < -0.3 is 10.1 Å². The van der Waals surface area contributed by atoms with Crippen LogP contribution in [0.5, 0.6) is 0 Å². The fourth-order valence-corrected chi connectivity index (χ4v) is 4.18. The number of ether oxygens (including phenoxy) is 1. The van der Waals surface area contributed by atoms with E-state index in [0.717, 1.165) is 23.4 Å². The van der Waals surface area contributed by atoms with Crippen LogP contribution in [0.2, 0.25) is 0 Å². The van der Waals surface area contributed by atoms with Crippen molar-refractivity contribution in [2.75, 3.05) is 4.90 Å². The smallest absolute Gasteiger partial charge is 0.415 e. The quantitative estimate of drug-likeness (QED) is 0.651. The van der Waals surface area contributed by atoms with Crippen LogP contribution in [-0.4, -0.2) is 38.6 Å². The Kier molecular flexibility index (Phi) is 4.66. The molecule has 1 aromatic carbocycles. The van der Waals surface area contributed by atoms with E-state index in [2.05, 4.69) is 25.7 Å². The fraction of sp³-hybridized carbons (Fsp3) is 0.333. The number of carbonyl (C=O) groups is 1. The van der Waals surface area contributed by atoms with E-state index in [4.69, 9.17) is 4.74 Å². The third-order valence-corrected chi connectivity index (χ3v) is 5.69. The van der Waals surface area contributed by atoms with Gasteiger partial charge in [0.15, 0.2) is 0 Å². The summed E-state index contributed by atoms with van der Waals surface area (Å²) in [5.74, 6) is -0.374. The molecule has 5 rings (SSSR count). The summed E-state index contributed by atoms with van der Waals surface area (Å²) in [6.45, 7) is 3.17. The van der Waals surface area contributed by atoms with E-state index in [9.17, 15) is 9.18 Å². The summed E-state index contributed by atoms with van der Waals surface area (Å²) in [5.41, 5.74) is 4.52. The second-order valence-corrected chi connectivity index (χ2v) is 7.56. The summed E-state index contributed by atoms with van der Waals surface area (Å²) < 4.78 is 20.3. The Labute approximate surface area is 172 Å². The first-order valence-corrected chi connectivity index (χ1v) is 9.97. The van der Waals surface area contributed by atoms with Crippen LogP contribution in [0.3, 0.4) is 0 Å². The maximum Gasteiger partial charge on any atom is 0.415 e. The number of cyclic esters (lactones) is 1. The van der Waals surface area contributed by atoms with Crippen molar-refractivity contribution in [1.29, 1.82) is 0 Å². The average Bonchev–Trinajstić information content (AvgIpc) is 3.46. The molecule has 2 atom stereocenters. The van der Waals surface area contributed by atoms with Crippen molar-refractivity contribution in [3.63, 3.8) is 0 Å². The van der Waals surface area contributed by atoms with E-state index in [1.165, 1.54) is 6.07 Å². The largest absolute Gasteiger partial charge is 0.444 e. The molecule has 1 fully saturated rings. The first-order valence-electron chi connectivity index (χ1n) is 9.97. The Morgan fingerprint density at radius 1 is 1.30 bits per heavy atom. The van der Waals surface area contributed by atoms with Crippen molar-refractivity contribution in [1.82, 2.24) is 25.7 Å². The highest BCUT2D eigenvalue weighted by atomic mass is 19.1. The van der Waals surface area contributed by atoms with Gasteiger partial charge in [-0.3, -0.25) is 15.0 Å². The minimum atomic E-state index is -0.387. The van der Waals surface area contributed by atoms with Gasteiger partial charge in [-0.2, -0.15) is 0 Å². The molecular formula is C21H21FN6O2. The van der Waals surface area contributed by atoms with Crippen LogP contribution >= 0.6 is 0 Å². The van der Waals surface area contributed by atoms with Gasteiger partial charge in [-0.15, -0.1) is 5.10 Å². The SMILES string of the molecule is CC[C@@H]1OC(=O)N2c3cc(F)c(-c4ccc(CNCc5cnn[nH]5)nc4)cc3C[C@@H]12. The number of H-pyrrole nitrogens is 1. The van der Waals surface area contributed by atoms with Gasteiger partial charge in [0.2, 0.25) is 0 Å². The third-order valence-electron chi connectivity index (χ3n) is 5.69. The monoisotopic (exact) mass is 408 g/mol. The Hall–Kier alpha value is -3.33. The van der Waals surface area contributed by atoms with E-state index in [0.29, 0.717) is 36.3 Å². The van der Waals surface area contributed by atoms with E-state index in [1.54, 1.807) is 17.3 Å². The van der Waals surface area contributed by atoms with Gasteiger partial charge in [-0.05, 0) is 36.6 Å². The number of halogens is 1. The van der Waals surface area contributed by atoms with Gasteiger partial charge in [0, 0.05) is 30.4 Å². The summed E-state index contributed by atoms with van der Waals surface area (Å²) in [7, 11) is 0. The van der Waals surface area contributed by atoms with Gasteiger partial charge >= 0.3 is 6.09 Å². The van der Waals surface area contributed by atoms with E-state index < -0.39 is 0 Å². The van der Waals surface area contributed by atoms with Crippen LogP contribution in [-0.2, 0) is 24.2 Å². The van der Waals surface area contributed by atoms with E-state index >= 15 is 0 Å². The molecular weight excluding hydrogens is 387 g/mol. The first kappa shape index (κ1) is 18.7. The lowest BCUT2D eigenvalue weighted by molar-refractivity contribution is 0.129. The van der Waals surface area contributed by atoms with Crippen molar-refractivity contribution in [3.8, 4) is 11.1 Å². The third kappa shape index (κ3) is 3.21. The second-order valence-electron chi connectivity index (χ2n) is 7.56. The number of nitrogens with zero attached hydrogens (tertiary/aromatic N) is 4. The maximum absolute atomic E-state index is 14.9. The first-order chi connectivity index (χ1) is 14.6. The van der Waals surface area contributed by atoms with Gasteiger partial charge in [0.05, 0.1) is 29.3 Å². The zero-order valence-corrected chi connectivity index (χ0v) is 16.4. The van der Waals surface area contributed by atoms with Crippen LogP contribution < -0.4 is 10.2 Å². The molecule has 0 aliphatic carbocycles. The number of amides is 1. The number of aromatic nitrogens is 4. The Morgan fingerprint density at radius 3 is 2.93 bits per heavy atom. The Bertz CT molecular complexity index is 1070. The van der Waals surface area contributed by atoms with Crippen LogP contribution in [0.15, 0.2) is 36.7 Å². The standard InChI is InChI=1S/C21H21FN6O2/c1-2-20-19-6-13-5-16(17(22)7-18(13)28(19)21(29)30-20)12-3-4-14(24-8-12)9-23-10-15-11-25-27-26-15/h3-5,7-8,11,19-20,23H,2,6,9-10H2,1H3,(H,25,26,27)/t19-,20-/m0/s1. The molecule has 2 N–H and O–H groups in total. The number of rotatable bonds is 6. The lowest BCUT2D eigenvalue weighted by Gasteiger charge is -2.15. The fourth-order valence-electron chi connectivity index (χ4n) is 4.18.